The number of hydrogen-bond donors (Lipinski definition) is 1. The fourth-order valence-electron chi connectivity index (χ4n) is 1.45. The van der Waals surface area contributed by atoms with Crippen LogP contribution in [0.2, 0.25) is 0 Å². The second kappa shape index (κ2) is 4.60. The molecule has 0 fully saturated rings. The molecule has 0 aliphatic carbocycles. The van der Waals surface area contributed by atoms with Crippen molar-refractivity contribution in [2.45, 2.75) is 19.6 Å². The smallest absolute Gasteiger partial charge is 0.355 e. The molecule has 0 aromatic carbocycles. The van der Waals surface area contributed by atoms with E-state index in [1.807, 2.05) is 0 Å². The SMILES string of the molecule is CCn1c(C(F)(F)F)ccc(C(=O)NC)c1=O. The molecule has 0 atom stereocenters. The second-order valence-corrected chi connectivity index (χ2v) is 3.26. The summed E-state index contributed by atoms with van der Waals surface area (Å²) in [6, 6.07) is 1.62. The number of pyridine rings is 1. The van der Waals surface area contributed by atoms with E-state index in [1.54, 1.807) is 0 Å². The van der Waals surface area contributed by atoms with E-state index in [0.29, 0.717) is 4.57 Å². The van der Waals surface area contributed by atoms with Gasteiger partial charge in [0.15, 0.2) is 0 Å². The fourth-order valence-corrected chi connectivity index (χ4v) is 1.45. The standard InChI is InChI=1S/C10H11F3N2O2/c1-3-15-7(10(11,12)13)5-4-6(9(15)17)8(16)14-2/h4-5H,3H2,1-2H3,(H,14,16). The highest BCUT2D eigenvalue weighted by molar-refractivity contribution is 5.93. The molecule has 1 heterocycles. The third kappa shape index (κ3) is 2.48. The first-order chi connectivity index (χ1) is 7.82. The lowest BCUT2D eigenvalue weighted by atomic mass is 10.2. The largest absolute Gasteiger partial charge is 0.431 e. The van der Waals surface area contributed by atoms with Crippen molar-refractivity contribution < 1.29 is 18.0 Å². The van der Waals surface area contributed by atoms with E-state index in [-0.39, 0.29) is 12.1 Å². The summed E-state index contributed by atoms with van der Waals surface area (Å²) in [5.74, 6) is -0.703. The van der Waals surface area contributed by atoms with E-state index in [9.17, 15) is 22.8 Å². The predicted molar refractivity (Wildman–Crippen MR) is 54.8 cm³/mol. The first-order valence-electron chi connectivity index (χ1n) is 4.86. The van der Waals surface area contributed by atoms with Crippen molar-refractivity contribution in [2.24, 2.45) is 0 Å². The molecule has 0 saturated heterocycles. The molecule has 0 saturated carbocycles. The average Bonchev–Trinajstić information content (AvgIpc) is 2.26. The first kappa shape index (κ1) is 13.3. The van der Waals surface area contributed by atoms with Gasteiger partial charge in [0.05, 0.1) is 0 Å². The second-order valence-electron chi connectivity index (χ2n) is 3.26. The van der Waals surface area contributed by atoms with Crippen LogP contribution in [-0.4, -0.2) is 17.5 Å². The zero-order chi connectivity index (χ0) is 13.2. The lowest BCUT2D eigenvalue weighted by Crippen LogP contribution is -2.34. The molecule has 0 aliphatic heterocycles. The Morgan fingerprint density at radius 3 is 2.41 bits per heavy atom. The molecule has 0 unspecified atom stereocenters. The van der Waals surface area contributed by atoms with E-state index < -0.39 is 23.3 Å². The van der Waals surface area contributed by atoms with Gasteiger partial charge < -0.3 is 9.88 Å². The van der Waals surface area contributed by atoms with Crippen LogP contribution < -0.4 is 10.9 Å². The maximum atomic E-state index is 12.6. The number of hydrogen-bond acceptors (Lipinski definition) is 2. The summed E-state index contributed by atoms with van der Waals surface area (Å²) in [5, 5.41) is 2.20. The Balaban J connectivity index is 3.49. The number of alkyl halides is 3. The van der Waals surface area contributed by atoms with Crippen LogP contribution in [0, 0.1) is 0 Å². The van der Waals surface area contributed by atoms with Crippen LogP contribution in [0.5, 0.6) is 0 Å². The maximum absolute atomic E-state index is 12.6. The van der Waals surface area contributed by atoms with Crippen molar-refractivity contribution in [2.75, 3.05) is 7.05 Å². The van der Waals surface area contributed by atoms with Gasteiger partial charge in [-0.15, -0.1) is 0 Å². The molecule has 94 valence electrons. The molecule has 1 amide bonds. The zero-order valence-electron chi connectivity index (χ0n) is 9.26. The molecule has 1 aromatic heterocycles. The lowest BCUT2D eigenvalue weighted by Gasteiger charge is -2.14. The Morgan fingerprint density at radius 2 is 2.00 bits per heavy atom. The summed E-state index contributed by atoms with van der Waals surface area (Å²) in [5.41, 5.74) is -2.30. The molecule has 1 aromatic rings. The van der Waals surface area contributed by atoms with Crippen LogP contribution in [0.25, 0.3) is 0 Å². The highest BCUT2D eigenvalue weighted by Gasteiger charge is 2.34. The first-order valence-corrected chi connectivity index (χ1v) is 4.86. The summed E-state index contributed by atoms with van der Waals surface area (Å²) in [4.78, 5) is 22.9. The predicted octanol–water partition coefficient (Wildman–Crippen LogP) is 1.25. The van der Waals surface area contributed by atoms with Crippen LogP contribution in [0.3, 0.4) is 0 Å². The van der Waals surface area contributed by atoms with Crippen molar-refractivity contribution in [1.82, 2.24) is 9.88 Å². The van der Waals surface area contributed by atoms with Gasteiger partial charge in [-0.25, -0.2) is 0 Å². The van der Waals surface area contributed by atoms with Gasteiger partial charge in [0.2, 0.25) is 0 Å². The Morgan fingerprint density at radius 1 is 1.41 bits per heavy atom. The Hall–Kier alpha value is -1.79. The number of carbonyl (C=O) groups excluding carboxylic acids is 1. The van der Waals surface area contributed by atoms with Gasteiger partial charge in [0, 0.05) is 13.6 Å². The van der Waals surface area contributed by atoms with Crippen molar-refractivity contribution in [3.8, 4) is 0 Å². The van der Waals surface area contributed by atoms with Gasteiger partial charge in [0.25, 0.3) is 11.5 Å². The van der Waals surface area contributed by atoms with Crippen LogP contribution in [0.15, 0.2) is 16.9 Å². The average molecular weight is 248 g/mol. The third-order valence-electron chi connectivity index (χ3n) is 2.25. The van der Waals surface area contributed by atoms with Crippen LogP contribution in [0.1, 0.15) is 23.0 Å². The molecule has 1 rings (SSSR count). The molecule has 7 heteroatoms. The number of aromatic nitrogens is 1. The van der Waals surface area contributed by atoms with Crippen molar-refractivity contribution in [3.05, 3.63) is 33.7 Å². The maximum Gasteiger partial charge on any atom is 0.431 e. The normalized spacial score (nSPS) is 11.4. The van der Waals surface area contributed by atoms with Crippen molar-refractivity contribution in [1.29, 1.82) is 0 Å². The minimum Gasteiger partial charge on any atom is -0.355 e. The van der Waals surface area contributed by atoms with Gasteiger partial charge in [-0.1, -0.05) is 0 Å². The monoisotopic (exact) mass is 248 g/mol. The van der Waals surface area contributed by atoms with Gasteiger partial charge in [-0.3, -0.25) is 9.59 Å². The van der Waals surface area contributed by atoms with Gasteiger partial charge in [-0.05, 0) is 19.1 Å². The Bertz CT molecular complexity index is 491. The number of amides is 1. The summed E-state index contributed by atoms with van der Waals surface area (Å²) < 4.78 is 38.2. The summed E-state index contributed by atoms with van der Waals surface area (Å²) in [7, 11) is 1.30. The molecule has 0 bridgehead atoms. The fraction of sp³-hybridized carbons (Fsp3) is 0.400. The van der Waals surface area contributed by atoms with E-state index in [4.69, 9.17) is 0 Å². The highest BCUT2D eigenvalue weighted by atomic mass is 19.4. The molecule has 17 heavy (non-hydrogen) atoms. The quantitative estimate of drug-likeness (QED) is 0.856. The van der Waals surface area contributed by atoms with Gasteiger partial charge in [0.1, 0.15) is 11.3 Å². The molecule has 1 N–H and O–H groups in total. The number of nitrogens with one attached hydrogen (secondary N) is 1. The minimum absolute atomic E-state index is 0.154. The van der Waals surface area contributed by atoms with Crippen molar-refractivity contribution in [3.63, 3.8) is 0 Å². The molecular formula is C10H11F3N2O2. The molecular weight excluding hydrogens is 237 g/mol. The lowest BCUT2D eigenvalue weighted by molar-refractivity contribution is -0.144. The summed E-state index contributed by atoms with van der Waals surface area (Å²) in [6.45, 7) is 1.25. The van der Waals surface area contributed by atoms with Crippen LogP contribution in [-0.2, 0) is 12.7 Å². The van der Waals surface area contributed by atoms with Crippen LogP contribution in [0.4, 0.5) is 13.2 Å². The van der Waals surface area contributed by atoms with Crippen LogP contribution >= 0.6 is 0 Å². The van der Waals surface area contributed by atoms with Gasteiger partial charge >= 0.3 is 6.18 Å². The number of halogens is 3. The molecule has 4 nitrogen and oxygen atoms in total. The van der Waals surface area contributed by atoms with E-state index in [2.05, 4.69) is 5.32 Å². The zero-order valence-corrected chi connectivity index (χ0v) is 9.26. The Labute approximate surface area is 95.1 Å². The minimum atomic E-state index is -4.61. The molecule has 0 aliphatic rings. The summed E-state index contributed by atoms with van der Waals surface area (Å²) >= 11 is 0. The van der Waals surface area contributed by atoms with E-state index >= 15 is 0 Å². The topological polar surface area (TPSA) is 51.1 Å². The third-order valence-corrected chi connectivity index (χ3v) is 2.25. The molecule has 0 spiro atoms. The number of rotatable bonds is 2. The summed E-state index contributed by atoms with van der Waals surface area (Å²) in [6.07, 6.45) is -4.61. The van der Waals surface area contributed by atoms with E-state index in [0.717, 1.165) is 12.1 Å². The van der Waals surface area contributed by atoms with Crippen molar-refractivity contribution >= 4 is 5.91 Å². The van der Waals surface area contributed by atoms with Gasteiger partial charge in [-0.2, -0.15) is 13.2 Å². The highest BCUT2D eigenvalue weighted by Crippen LogP contribution is 2.28. The Kier molecular flexibility index (Phi) is 3.59. The molecule has 0 radical (unpaired) electrons. The number of carbonyl (C=O) groups is 1. The number of nitrogens with zero attached hydrogens (tertiary/aromatic N) is 1. The van der Waals surface area contributed by atoms with E-state index in [1.165, 1.54) is 14.0 Å².